The number of thiazole rings is 1. The molecule has 4 heteroatoms. The van der Waals surface area contributed by atoms with Crippen molar-refractivity contribution in [2.75, 3.05) is 0 Å². The van der Waals surface area contributed by atoms with Gasteiger partial charge in [0, 0.05) is 6.08 Å². The van der Waals surface area contributed by atoms with Crippen molar-refractivity contribution in [1.29, 1.82) is 0 Å². The Morgan fingerprint density at radius 1 is 1.35 bits per heavy atom. The fourth-order valence-corrected chi connectivity index (χ4v) is 3.53. The van der Waals surface area contributed by atoms with E-state index in [2.05, 4.69) is 4.98 Å². The maximum atomic E-state index is 11.9. The van der Waals surface area contributed by atoms with Gasteiger partial charge in [0.25, 0.3) is 0 Å². The average molecular weight is 285 g/mol. The SMILES string of the molecule is O=C(C=Cc1nc2ccccc2s1)OC1(C2CC2)CC1. The predicted octanol–water partition coefficient (Wildman–Crippen LogP) is 3.80. The summed E-state index contributed by atoms with van der Waals surface area (Å²) in [6, 6.07) is 7.98. The van der Waals surface area contributed by atoms with E-state index in [-0.39, 0.29) is 11.6 Å². The lowest BCUT2D eigenvalue weighted by Crippen LogP contribution is -2.20. The molecule has 0 amide bonds. The van der Waals surface area contributed by atoms with Crippen molar-refractivity contribution >= 4 is 33.6 Å². The summed E-state index contributed by atoms with van der Waals surface area (Å²) in [6.45, 7) is 0. The van der Waals surface area contributed by atoms with Crippen LogP contribution in [0.15, 0.2) is 30.3 Å². The van der Waals surface area contributed by atoms with Crippen LogP contribution in [-0.4, -0.2) is 16.6 Å². The molecule has 0 unspecified atom stereocenters. The molecule has 2 fully saturated rings. The van der Waals surface area contributed by atoms with Gasteiger partial charge < -0.3 is 4.74 Å². The van der Waals surface area contributed by atoms with Crippen molar-refractivity contribution in [3.05, 3.63) is 35.3 Å². The second-order valence-corrected chi connectivity index (χ2v) is 6.68. The van der Waals surface area contributed by atoms with Crippen molar-refractivity contribution in [3.8, 4) is 0 Å². The molecule has 4 rings (SSSR count). The summed E-state index contributed by atoms with van der Waals surface area (Å²) in [5.74, 6) is 0.399. The lowest BCUT2D eigenvalue weighted by Gasteiger charge is -2.13. The molecule has 2 aliphatic carbocycles. The standard InChI is InChI=1S/C16H15NO2S/c18-15(19-16(9-10-16)11-5-6-11)8-7-14-17-12-3-1-2-4-13(12)20-14/h1-4,7-8,11H,5-6,9-10H2. The number of esters is 1. The third-order valence-corrected chi connectivity index (χ3v) is 5.04. The molecule has 1 aromatic carbocycles. The minimum atomic E-state index is -0.228. The van der Waals surface area contributed by atoms with Crippen LogP contribution in [0, 0.1) is 5.92 Å². The van der Waals surface area contributed by atoms with E-state index < -0.39 is 0 Å². The highest BCUT2D eigenvalue weighted by atomic mass is 32.1. The summed E-state index contributed by atoms with van der Waals surface area (Å²) in [7, 11) is 0. The highest BCUT2D eigenvalue weighted by Gasteiger charge is 2.57. The van der Waals surface area contributed by atoms with Crippen LogP contribution in [0.2, 0.25) is 0 Å². The summed E-state index contributed by atoms with van der Waals surface area (Å²) in [5, 5.41) is 0.847. The number of aromatic nitrogens is 1. The van der Waals surface area contributed by atoms with Gasteiger partial charge in [0.05, 0.1) is 10.2 Å². The molecule has 0 saturated heterocycles. The van der Waals surface area contributed by atoms with E-state index in [0.717, 1.165) is 28.1 Å². The van der Waals surface area contributed by atoms with Crippen molar-refractivity contribution in [2.24, 2.45) is 5.92 Å². The second-order valence-electron chi connectivity index (χ2n) is 5.61. The molecule has 0 spiro atoms. The number of hydrogen-bond donors (Lipinski definition) is 0. The summed E-state index contributed by atoms with van der Waals surface area (Å²) >= 11 is 1.59. The zero-order valence-corrected chi connectivity index (χ0v) is 11.9. The van der Waals surface area contributed by atoms with Crippen LogP contribution in [0.1, 0.15) is 30.7 Å². The molecule has 2 aromatic rings. The minimum Gasteiger partial charge on any atom is -0.456 e. The van der Waals surface area contributed by atoms with Gasteiger partial charge in [-0.2, -0.15) is 0 Å². The number of carbonyl (C=O) groups is 1. The van der Waals surface area contributed by atoms with Crippen molar-refractivity contribution in [3.63, 3.8) is 0 Å². The van der Waals surface area contributed by atoms with Crippen LogP contribution in [0.4, 0.5) is 0 Å². The summed E-state index contributed by atoms with van der Waals surface area (Å²) in [4.78, 5) is 16.4. The number of carbonyl (C=O) groups excluding carboxylic acids is 1. The van der Waals surface area contributed by atoms with Crippen LogP contribution in [-0.2, 0) is 9.53 Å². The molecular formula is C16H15NO2S. The van der Waals surface area contributed by atoms with Gasteiger partial charge >= 0.3 is 5.97 Å². The highest BCUT2D eigenvalue weighted by Crippen LogP contribution is 2.56. The van der Waals surface area contributed by atoms with E-state index in [1.54, 1.807) is 17.4 Å². The Hall–Kier alpha value is -1.68. The normalized spacial score (nSPS) is 20.4. The number of hydrogen-bond acceptors (Lipinski definition) is 4. The number of benzene rings is 1. The third kappa shape index (κ3) is 2.24. The molecule has 20 heavy (non-hydrogen) atoms. The van der Waals surface area contributed by atoms with Crippen LogP contribution in [0.5, 0.6) is 0 Å². The van der Waals surface area contributed by atoms with E-state index in [4.69, 9.17) is 4.74 Å². The highest BCUT2D eigenvalue weighted by molar-refractivity contribution is 7.19. The Morgan fingerprint density at radius 3 is 2.85 bits per heavy atom. The zero-order chi connectivity index (χ0) is 13.6. The van der Waals surface area contributed by atoms with Gasteiger partial charge in [-0.05, 0) is 49.8 Å². The smallest absolute Gasteiger partial charge is 0.331 e. The van der Waals surface area contributed by atoms with Gasteiger partial charge in [0.1, 0.15) is 10.6 Å². The van der Waals surface area contributed by atoms with Gasteiger partial charge in [-0.25, -0.2) is 9.78 Å². The molecule has 1 aromatic heterocycles. The molecule has 1 heterocycles. The van der Waals surface area contributed by atoms with E-state index in [1.807, 2.05) is 24.3 Å². The minimum absolute atomic E-state index is 0.102. The van der Waals surface area contributed by atoms with Crippen LogP contribution in [0.3, 0.4) is 0 Å². The quantitative estimate of drug-likeness (QED) is 0.633. The maximum absolute atomic E-state index is 11.9. The summed E-state index contributed by atoms with van der Waals surface area (Å²) in [6.07, 6.45) is 7.79. The first kappa shape index (κ1) is 12.1. The van der Waals surface area contributed by atoms with Gasteiger partial charge in [-0.1, -0.05) is 12.1 Å². The molecule has 0 radical (unpaired) electrons. The lowest BCUT2D eigenvalue weighted by atomic mass is 10.2. The molecule has 3 nitrogen and oxygen atoms in total. The molecule has 0 aliphatic heterocycles. The largest absolute Gasteiger partial charge is 0.456 e. The maximum Gasteiger partial charge on any atom is 0.331 e. The zero-order valence-electron chi connectivity index (χ0n) is 11.0. The molecular weight excluding hydrogens is 270 g/mol. The van der Waals surface area contributed by atoms with Crippen molar-refractivity contribution < 1.29 is 9.53 Å². The van der Waals surface area contributed by atoms with Crippen LogP contribution >= 0.6 is 11.3 Å². The Morgan fingerprint density at radius 2 is 2.15 bits per heavy atom. The molecule has 0 bridgehead atoms. The Kier molecular flexibility index (Phi) is 2.67. The Bertz CT molecular complexity index is 662. The average Bonchev–Trinajstić information content (AvgIpc) is 3.34. The number of rotatable bonds is 4. The fourth-order valence-electron chi connectivity index (χ4n) is 2.66. The molecule has 2 saturated carbocycles. The Balaban J connectivity index is 1.46. The van der Waals surface area contributed by atoms with Gasteiger partial charge in [-0.3, -0.25) is 0 Å². The van der Waals surface area contributed by atoms with Crippen LogP contribution < -0.4 is 0 Å². The number of fused-ring (bicyclic) bond motifs is 1. The molecule has 102 valence electrons. The van der Waals surface area contributed by atoms with E-state index in [0.29, 0.717) is 5.92 Å². The molecule has 0 N–H and O–H groups in total. The second kappa shape index (κ2) is 4.42. The van der Waals surface area contributed by atoms with Gasteiger partial charge in [0.2, 0.25) is 0 Å². The lowest BCUT2D eigenvalue weighted by molar-refractivity contribution is -0.146. The molecule has 2 aliphatic rings. The first-order valence-corrected chi connectivity index (χ1v) is 7.83. The fraction of sp³-hybridized carbons (Fsp3) is 0.375. The number of nitrogens with zero attached hydrogens (tertiary/aromatic N) is 1. The predicted molar refractivity (Wildman–Crippen MR) is 79.4 cm³/mol. The third-order valence-electron chi connectivity index (χ3n) is 4.04. The molecule has 0 atom stereocenters. The van der Waals surface area contributed by atoms with Crippen molar-refractivity contribution in [1.82, 2.24) is 4.98 Å². The number of para-hydroxylation sites is 1. The van der Waals surface area contributed by atoms with Gasteiger partial charge in [0.15, 0.2) is 0 Å². The van der Waals surface area contributed by atoms with Crippen LogP contribution in [0.25, 0.3) is 16.3 Å². The van der Waals surface area contributed by atoms with Crippen molar-refractivity contribution in [2.45, 2.75) is 31.3 Å². The number of ether oxygens (including phenoxy) is 1. The van der Waals surface area contributed by atoms with E-state index >= 15 is 0 Å². The first-order valence-electron chi connectivity index (χ1n) is 7.02. The van der Waals surface area contributed by atoms with E-state index in [9.17, 15) is 4.79 Å². The summed E-state index contributed by atoms with van der Waals surface area (Å²) < 4.78 is 6.76. The Labute approximate surface area is 121 Å². The topological polar surface area (TPSA) is 39.2 Å². The van der Waals surface area contributed by atoms with Gasteiger partial charge in [-0.15, -0.1) is 11.3 Å². The monoisotopic (exact) mass is 285 g/mol. The summed E-state index contributed by atoms with van der Waals surface area (Å²) in [5.41, 5.74) is 0.872. The first-order chi connectivity index (χ1) is 9.75. The van der Waals surface area contributed by atoms with E-state index in [1.165, 1.54) is 18.9 Å².